The van der Waals surface area contributed by atoms with E-state index in [2.05, 4.69) is 27.9 Å². The third kappa shape index (κ3) is 4.86. The molecule has 1 heterocycles. The van der Waals surface area contributed by atoms with Gasteiger partial charge in [-0.25, -0.2) is 4.79 Å². The summed E-state index contributed by atoms with van der Waals surface area (Å²) in [7, 11) is 0. The van der Waals surface area contributed by atoms with Gasteiger partial charge in [-0.15, -0.1) is 0 Å². The highest BCUT2D eigenvalue weighted by molar-refractivity contribution is 14.1. The molecule has 22 heavy (non-hydrogen) atoms. The maximum Gasteiger partial charge on any atom is 0.317 e. The predicted molar refractivity (Wildman–Crippen MR) is 92.8 cm³/mol. The molecule has 1 aromatic carbocycles. The first-order valence-electron chi connectivity index (χ1n) is 7.48. The van der Waals surface area contributed by atoms with Crippen molar-refractivity contribution in [1.82, 2.24) is 10.2 Å². The molecular weight excluding hydrogens is 395 g/mol. The Kier molecular flexibility index (Phi) is 6.05. The lowest BCUT2D eigenvalue weighted by molar-refractivity contribution is -0.140. The molecule has 1 aromatic rings. The Morgan fingerprint density at radius 1 is 1.32 bits per heavy atom. The molecule has 0 saturated carbocycles. The van der Waals surface area contributed by atoms with Crippen molar-refractivity contribution in [2.75, 3.05) is 13.1 Å². The maximum atomic E-state index is 12.3. The van der Waals surface area contributed by atoms with Gasteiger partial charge in [0.15, 0.2) is 0 Å². The molecule has 0 unspecified atom stereocenters. The zero-order valence-electron chi connectivity index (χ0n) is 12.8. The standard InChI is InChI=1S/C16H21IN2O3/c1-11(2)18-16(21)19-9-3-4-12(10-19)15(20)22-14-7-5-13(17)6-8-14/h5-8,11-12H,3-4,9-10H2,1-2H3,(H,18,21)/t12-/m0/s1. The Bertz CT molecular complexity index is 531. The van der Waals surface area contributed by atoms with Gasteiger partial charge >= 0.3 is 12.0 Å². The Labute approximate surface area is 144 Å². The Morgan fingerprint density at radius 2 is 2.00 bits per heavy atom. The number of esters is 1. The molecule has 1 aliphatic rings. The average Bonchev–Trinajstić information content (AvgIpc) is 2.49. The minimum absolute atomic E-state index is 0.0895. The molecular formula is C16H21IN2O3. The van der Waals surface area contributed by atoms with E-state index < -0.39 is 0 Å². The summed E-state index contributed by atoms with van der Waals surface area (Å²) in [6, 6.07) is 7.34. The zero-order valence-corrected chi connectivity index (χ0v) is 15.0. The largest absolute Gasteiger partial charge is 0.426 e. The number of nitrogens with zero attached hydrogens (tertiary/aromatic N) is 1. The van der Waals surface area contributed by atoms with Crippen LogP contribution in [0.25, 0.3) is 0 Å². The lowest BCUT2D eigenvalue weighted by Crippen LogP contribution is -2.49. The van der Waals surface area contributed by atoms with Crippen molar-refractivity contribution in [1.29, 1.82) is 0 Å². The first-order valence-corrected chi connectivity index (χ1v) is 8.56. The van der Waals surface area contributed by atoms with E-state index in [1.165, 1.54) is 0 Å². The zero-order chi connectivity index (χ0) is 16.1. The van der Waals surface area contributed by atoms with Crippen LogP contribution in [0.5, 0.6) is 5.75 Å². The lowest BCUT2D eigenvalue weighted by atomic mass is 9.98. The van der Waals surface area contributed by atoms with Crippen molar-refractivity contribution >= 4 is 34.6 Å². The molecule has 6 heteroatoms. The lowest BCUT2D eigenvalue weighted by Gasteiger charge is -2.32. The number of halogens is 1. The molecule has 120 valence electrons. The van der Waals surface area contributed by atoms with Gasteiger partial charge in [-0.05, 0) is 73.5 Å². The van der Waals surface area contributed by atoms with Crippen LogP contribution in [0.1, 0.15) is 26.7 Å². The minimum atomic E-state index is -0.261. The van der Waals surface area contributed by atoms with Crippen LogP contribution < -0.4 is 10.1 Å². The quantitative estimate of drug-likeness (QED) is 0.468. The van der Waals surface area contributed by atoms with E-state index in [-0.39, 0.29) is 24.0 Å². The van der Waals surface area contributed by atoms with E-state index in [1.807, 2.05) is 26.0 Å². The smallest absolute Gasteiger partial charge is 0.317 e. The van der Waals surface area contributed by atoms with Gasteiger partial charge in [-0.3, -0.25) is 4.79 Å². The second-order valence-electron chi connectivity index (χ2n) is 5.76. The summed E-state index contributed by atoms with van der Waals surface area (Å²) >= 11 is 2.20. The second kappa shape index (κ2) is 7.80. The van der Waals surface area contributed by atoms with Crippen molar-refractivity contribution < 1.29 is 14.3 Å². The Morgan fingerprint density at radius 3 is 2.64 bits per heavy atom. The molecule has 0 aromatic heterocycles. The van der Waals surface area contributed by atoms with Crippen LogP contribution in [0.2, 0.25) is 0 Å². The summed E-state index contributed by atoms with van der Waals surface area (Å²) in [4.78, 5) is 26.0. The summed E-state index contributed by atoms with van der Waals surface area (Å²) in [6.45, 7) is 4.95. The molecule has 0 bridgehead atoms. The fourth-order valence-electron chi connectivity index (χ4n) is 2.39. The van der Waals surface area contributed by atoms with E-state index in [0.29, 0.717) is 18.8 Å². The molecule has 1 fully saturated rings. The van der Waals surface area contributed by atoms with Gasteiger partial charge in [0.2, 0.25) is 0 Å². The van der Waals surface area contributed by atoms with Crippen LogP contribution in [-0.2, 0) is 4.79 Å². The van der Waals surface area contributed by atoms with Crippen LogP contribution in [0, 0.1) is 9.49 Å². The van der Waals surface area contributed by atoms with E-state index in [1.54, 1.807) is 17.0 Å². The normalized spacial score (nSPS) is 18.2. The summed E-state index contributed by atoms with van der Waals surface area (Å²) in [6.07, 6.45) is 1.58. The SMILES string of the molecule is CC(C)NC(=O)N1CCC[C@H](C(=O)Oc2ccc(I)cc2)C1. The third-order valence-electron chi connectivity index (χ3n) is 3.49. The average molecular weight is 416 g/mol. The van der Waals surface area contributed by atoms with Gasteiger partial charge in [0, 0.05) is 22.7 Å². The van der Waals surface area contributed by atoms with Crippen LogP contribution >= 0.6 is 22.6 Å². The van der Waals surface area contributed by atoms with Gasteiger partial charge < -0.3 is 15.0 Å². The summed E-state index contributed by atoms with van der Waals surface area (Å²) < 4.78 is 6.51. The molecule has 5 nitrogen and oxygen atoms in total. The summed E-state index contributed by atoms with van der Waals surface area (Å²) in [5, 5.41) is 2.86. The molecule has 0 radical (unpaired) electrons. The second-order valence-corrected chi connectivity index (χ2v) is 7.01. The fourth-order valence-corrected chi connectivity index (χ4v) is 2.75. The van der Waals surface area contributed by atoms with Crippen molar-refractivity contribution in [3.8, 4) is 5.75 Å². The van der Waals surface area contributed by atoms with Crippen LogP contribution in [0.3, 0.4) is 0 Å². The minimum Gasteiger partial charge on any atom is -0.426 e. The summed E-state index contributed by atoms with van der Waals surface area (Å²) in [5.74, 6) is 0.0309. The van der Waals surface area contributed by atoms with Crippen molar-refractivity contribution in [3.63, 3.8) is 0 Å². The fraction of sp³-hybridized carbons (Fsp3) is 0.500. The van der Waals surface area contributed by atoms with Gasteiger partial charge in [0.1, 0.15) is 5.75 Å². The monoisotopic (exact) mass is 416 g/mol. The number of ether oxygens (including phenoxy) is 1. The molecule has 1 atom stereocenters. The highest BCUT2D eigenvalue weighted by Crippen LogP contribution is 2.21. The number of carbonyl (C=O) groups is 2. The van der Waals surface area contributed by atoms with Crippen molar-refractivity contribution in [2.24, 2.45) is 5.92 Å². The van der Waals surface area contributed by atoms with Crippen LogP contribution in [0.15, 0.2) is 24.3 Å². The number of hydrogen-bond acceptors (Lipinski definition) is 3. The molecule has 0 aliphatic carbocycles. The topological polar surface area (TPSA) is 58.6 Å². The number of carbonyl (C=O) groups excluding carboxylic acids is 2. The predicted octanol–water partition coefficient (Wildman–Crippen LogP) is 3.03. The molecule has 1 N–H and O–H groups in total. The molecule has 2 amide bonds. The van der Waals surface area contributed by atoms with Gasteiger partial charge in [-0.1, -0.05) is 0 Å². The van der Waals surface area contributed by atoms with Crippen molar-refractivity contribution in [3.05, 3.63) is 27.8 Å². The van der Waals surface area contributed by atoms with Crippen molar-refractivity contribution in [2.45, 2.75) is 32.7 Å². The number of piperidine rings is 1. The first-order chi connectivity index (χ1) is 10.5. The third-order valence-corrected chi connectivity index (χ3v) is 4.21. The van der Waals surface area contributed by atoms with Gasteiger partial charge in [0.25, 0.3) is 0 Å². The number of benzene rings is 1. The van der Waals surface area contributed by atoms with E-state index in [0.717, 1.165) is 16.4 Å². The Balaban J connectivity index is 1.92. The number of amides is 2. The van der Waals surface area contributed by atoms with Gasteiger partial charge in [-0.2, -0.15) is 0 Å². The molecule has 0 spiro atoms. The maximum absolute atomic E-state index is 12.3. The van der Waals surface area contributed by atoms with Crippen LogP contribution in [-0.4, -0.2) is 36.0 Å². The highest BCUT2D eigenvalue weighted by atomic mass is 127. The van der Waals surface area contributed by atoms with Crippen LogP contribution in [0.4, 0.5) is 4.79 Å². The molecule has 2 rings (SSSR count). The first kappa shape index (κ1) is 17.1. The Hall–Kier alpha value is -1.31. The van der Waals surface area contributed by atoms with Gasteiger partial charge in [0.05, 0.1) is 5.92 Å². The highest BCUT2D eigenvalue weighted by Gasteiger charge is 2.29. The molecule has 1 saturated heterocycles. The van der Waals surface area contributed by atoms with E-state index in [9.17, 15) is 9.59 Å². The number of urea groups is 1. The summed E-state index contributed by atoms with van der Waals surface area (Å²) in [5.41, 5.74) is 0. The van der Waals surface area contributed by atoms with E-state index in [4.69, 9.17) is 4.74 Å². The number of hydrogen-bond donors (Lipinski definition) is 1. The number of rotatable bonds is 3. The van der Waals surface area contributed by atoms with E-state index >= 15 is 0 Å². The number of likely N-dealkylation sites (tertiary alicyclic amines) is 1. The number of nitrogens with one attached hydrogen (secondary N) is 1. The molecule has 1 aliphatic heterocycles.